The van der Waals surface area contributed by atoms with Crippen molar-refractivity contribution in [2.45, 2.75) is 19.3 Å². The van der Waals surface area contributed by atoms with E-state index >= 15 is 0 Å². The lowest BCUT2D eigenvalue weighted by Gasteiger charge is -2.34. The standard InChI is InChI=1S/C54H39N3/c1-36-35-55-30-29-47(36)40-25-23-39(24-26-40)42-27-28-51-49(34-42)48-21-9-10-22-50(48)54(51,45-18-7-4-8-19-45)46-20-12-17-44(33-46)53-56-37(2)31-52(57-53)43-16-11-15-41(32-43)38-13-5-3-6-14-38/h3-35H,1-2H3. The van der Waals surface area contributed by atoms with E-state index in [-0.39, 0.29) is 0 Å². The van der Waals surface area contributed by atoms with Gasteiger partial charge in [0.2, 0.25) is 0 Å². The maximum atomic E-state index is 5.22. The molecule has 0 bridgehead atoms. The molecule has 9 aromatic rings. The third-order valence-electron chi connectivity index (χ3n) is 11.5. The molecule has 1 atom stereocenters. The van der Waals surface area contributed by atoms with E-state index in [0.717, 1.165) is 28.1 Å². The van der Waals surface area contributed by atoms with E-state index in [1.54, 1.807) is 0 Å². The Labute approximate surface area is 334 Å². The normalized spacial score (nSPS) is 14.2. The molecule has 1 aliphatic carbocycles. The summed E-state index contributed by atoms with van der Waals surface area (Å²) in [5.74, 6) is 0.715. The maximum Gasteiger partial charge on any atom is 0.160 e. The van der Waals surface area contributed by atoms with Crippen molar-refractivity contribution in [3.63, 3.8) is 0 Å². The summed E-state index contributed by atoms with van der Waals surface area (Å²) in [6, 6.07) is 68.0. The van der Waals surface area contributed by atoms with Gasteiger partial charge in [-0.15, -0.1) is 0 Å². The molecular formula is C54H39N3. The van der Waals surface area contributed by atoms with Gasteiger partial charge in [0.15, 0.2) is 5.82 Å². The van der Waals surface area contributed by atoms with Gasteiger partial charge in [-0.25, -0.2) is 9.97 Å². The van der Waals surface area contributed by atoms with E-state index in [1.807, 2.05) is 12.4 Å². The van der Waals surface area contributed by atoms with Gasteiger partial charge in [-0.05, 0) is 117 Å². The average Bonchev–Trinajstić information content (AvgIpc) is 3.57. The number of rotatable bonds is 7. The largest absolute Gasteiger partial charge is 0.264 e. The summed E-state index contributed by atoms with van der Waals surface area (Å²) in [4.78, 5) is 14.5. The third kappa shape index (κ3) is 5.96. The molecule has 2 heterocycles. The number of fused-ring (bicyclic) bond motifs is 3. The number of hydrogen-bond donors (Lipinski definition) is 0. The van der Waals surface area contributed by atoms with Crippen LogP contribution in [-0.2, 0) is 5.41 Å². The average molecular weight is 730 g/mol. The number of pyridine rings is 1. The molecule has 0 radical (unpaired) electrons. The fraction of sp³-hybridized carbons (Fsp3) is 0.0556. The monoisotopic (exact) mass is 729 g/mol. The number of nitrogens with zero attached hydrogens (tertiary/aromatic N) is 3. The molecule has 0 saturated heterocycles. The van der Waals surface area contributed by atoms with Gasteiger partial charge in [0.1, 0.15) is 0 Å². The zero-order valence-electron chi connectivity index (χ0n) is 31.9. The minimum atomic E-state index is -0.554. The third-order valence-corrected chi connectivity index (χ3v) is 11.5. The minimum Gasteiger partial charge on any atom is -0.264 e. The Hall–Kier alpha value is -7.23. The van der Waals surface area contributed by atoms with Crippen LogP contribution in [0.3, 0.4) is 0 Å². The van der Waals surface area contributed by atoms with Crippen molar-refractivity contribution in [1.29, 1.82) is 0 Å². The second-order valence-electron chi connectivity index (χ2n) is 14.9. The topological polar surface area (TPSA) is 38.7 Å². The van der Waals surface area contributed by atoms with Gasteiger partial charge in [0.05, 0.1) is 11.1 Å². The van der Waals surface area contributed by atoms with Crippen LogP contribution in [-0.4, -0.2) is 15.0 Å². The molecule has 0 N–H and O–H groups in total. The molecule has 1 unspecified atom stereocenters. The Kier molecular flexibility index (Phi) is 8.49. The predicted molar refractivity (Wildman–Crippen MR) is 234 cm³/mol. The van der Waals surface area contributed by atoms with Crippen molar-refractivity contribution >= 4 is 0 Å². The van der Waals surface area contributed by atoms with Gasteiger partial charge >= 0.3 is 0 Å². The molecule has 0 fully saturated rings. The van der Waals surface area contributed by atoms with Crippen LogP contribution in [0, 0.1) is 13.8 Å². The molecule has 270 valence electrons. The summed E-state index contributed by atoms with van der Waals surface area (Å²) in [6.45, 7) is 4.17. The van der Waals surface area contributed by atoms with Crippen molar-refractivity contribution in [3.8, 4) is 67.2 Å². The summed E-state index contributed by atoms with van der Waals surface area (Å²) in [5, 5.41) is 0. The molecule has 3 heteroatoms. The molecule has 7 aromatic carbocycles. The van der Waals surface area contributed by atoms with Gasteiger partial charge in [-0.1, -0.05) is 158 Å². The zero-order valence-corrected chi connectivity index (χ0v) is 31.9. The summed E-state index contributed by atoms with van der Waals surface area (Å²) < 4.78 is 0. The second kappa shape index (κ2) is 14.1. The summed E-state index contributed by atoms with van der Waals surface area (Å²) in [7, 11) is 0. The molecule has 0 spiro atoms. The number of benzene rings is 7. The molecule has 2 aromatic heterocycles. The van der Waals surface area contributed by atoms with Gasteiger partial charge in [0, 0.05) is 29.2 Å². The minimum absolute atomic E-state index is 0.554. The lowest BCUT2D eigenvalue weighted by molar-refractivity contribution is 0.768. The van der Waals surface area contributed by atoms with E-state index in [2.05, 4.69) is 207 Å². The van der Waals surface area contributed by atoms with Crippen molar-refractivity contribution < 1.29 is 0 Å². The quantitative estimate of drug-likeness (QED) is 0.164. The van der Waals surface area contributed by atoms with Crippen LogP contribution in [0.15, 0.2) is 200 Å². The smallest absolute Gasteiger partial charge is 0.160 e. The van der Waals surface area contributed by atoms with Crippen LogP contribution in [0.25, 0.3) is 67.2 Å². The highest BCUT2D eigenvalue weighted by atomic mass is 14.9. The highest BCUT2D eigenvalue weighted by Crippen LogP contribution is 2.57. The first-order chi connectivity index (χ1) is 28.1. The fourth-order valence-electron chi connectivity index (χ4n) is 8.81. The van der Waals surface area contributed by atoms with E-state index in [1.165, 1.54) is 66.8 Å². The van der Waals surface area contributed by atoms with Crippen LogP contribution in [0.5, 0.6) is 0 Å². The molecule has 0 amide bonds. The molecule has 1 aliphatic rings. The van der Waals surface area contributed by atoms with E-state index < -0.39 is 5.41 Å². The Bertz CT molecular complexity index is 2920. The van der Waals surface area contributed by atoms with Crippen LogP contribution in [0.1, 0.15) is 33.5 Å². The first-order valence-corrected chi connectivity index (χ1v) is 19.5. The Balaban J connectivity index is 1.10. The van der Waals surface area contributed by atoms with Crippen LogP contribution < -0.4 is 0 Å². The van der Waals surface area contributed by atoms with E-state index in [4.69, 9.17) is 9.97 Å². The molecule has 10 rings (SSSR count). The van der Waals surface area contributed by atoms with Gasteiger partial charge in [0.25, 0.3) is 0 Å². The SMILES string of the molecule is Cc1cc(-c2cccc(-c3ccccc3)c2)nc(-c2cccc(C3(c4ccccc4)c4ccccc4-c4cc(-c5ccc(-c6ccncc6C)cc5)ccc43)c2)n1. The lowest BCUT2D eigenvalue weighted by atomic mass is 9.67. The fourth-order valence-corrected chi connectivity index (χ4v) is 8.81. The van der Waals surface area contributed by atoms with E-state index in [0.29, 0.717) is 5.82 Å². The summed E-state index contributed by atoms with van der Waals surface area (Å²) in [5.41, 5.74) is 19.1. The number of hydrogen-bond acceptors (Lipinski definition) is 3. The Morgan fingerprint density at radius 2 is 1.00 bits per heavy atom. The van der Waals surface area contributed by atoms with Gasteiger partial charge in [-0.2, -0.15) is 0 Å². The van der Waals surface area contributed by atoms with Crippen LogP contribution in [0.4, 0.5) is 0 Å². The van der Waals surface area contributed by atoms with Crippen molar-refractivity contribution in [2.24, 2.45) is 0 Å². The van der Waals surface area contributed by atoms with Crippen LogP contribution >= 0.6 is 0 Å². The number of aryl methyl sites for hydroxylation is 2. The van der Waals surface area contributed by atoms with E-state index in [9.17, 15) is 0 Å². The van der Waals surface area contributed by atoms with Crippen LogP contribution in [0.2, 0.25) is 0 Å². The Morgan fingerprint density at radius 1 is 0.386 bits per heavy atom. The Morgan fingerprint density at radius 3 is 1.82 bits per heavy atom. The summed E-state index contributed by atoms with van der Waals surface area (Å²) >= 11 is 0. The lowest BCUT2D eigenvalue weighted by Crippen LogP contribution is -2.28. The molecule has 57 heavy (non-hydrogen) atoms. The highest BCUT2D eigenvalue weighted by Gasteiger charge is 2.46. The van der Waals surface area contributed by atoms with Crippen molar-refractivity contribution in [2.75, 3.05) is 0 Å². The maximum absolute atomic E-state index is 5.22. The highest BCUT2D eigenvalue weighted by molar-refractivity contribution is 5.89. The summed E-state index contributed by atoms with van der Waals surface area (Å²) in [6.07, 6.45) is 3.79. The van der Waals surface area contributed by atoms with Crippen molar-refractivity contribution in [1.82, 2.24) is 15.0 Å². The molecule has 0 saturated carbocycles. The van der Waals surface area contributed by atoms with Gasteiger partial charge in [-0.3, -0.25) is 4.98 Å². The zero-order chi connectivity index (χ0) is 38.3. The molecular weight excluding hydrogens is 691 g/mol. The first-order valence-electron chi connectivity index (χ1n) is 19.5. The number of aromatic nitrogens is 3. The van der Waals surface area contributed by atoms with Gasteiger partial charge < -0.3 is 0 Å². The second-order valence-corrected chi connectivity index (χ2v) is 14.9. The molecule has 0 aliphatic heterocycles. The predicted octanol–water partition coefficient (Wildman–Crippen LogP) is 13.2. The van der Waals surface area contributed by atoms with Crippen molar-refractivity contribution in [3.05, 3.63) is 234 Å². The first kappa shape index (κ1) is 34.3. The molecule has 3 nitrogen and oxygen atoms in total.